The molecule has 1 rings (SSSR count). The molecule has 3 heteroatoms. The zero-order valence-electron chi connectivity index (χ0n) is 7.71. The van der Waals surface area contributed by atoms with E-state index in [-0.39, 0.29) is 5.75 Å². The third-order valence-electron chi connectivity index (χ3n) is 1.97. The van der Waals surface area contributed by atoms with Gasteiger partial charge < -0.3 is 10.2 Å². The van der Waals surface area contributed by atoms with E-state index in [4.69, 9.17) is 0 Å². The molecule has 0 aliphatic carbocycles. The summed E-state index contributed by atoms with van der Waals surface area (Å²) >= 11 is 3.24. The van der Waals surface area contributed by atoms with Gasteiger partial charge in [0.2, 0.25) is 0 Å². The summed E-state index contributed by atoms with van der Waals surface area (Å²) in [7, 11) is 0. The number of halogens is 1. The number of benzene rings is 1. The van der Waals surface area contributed by atoms with Crippen LogP contribution in [0.5, 0.6) is 5.75 Å². The van der Waals surface area contributed by atoms with Crippen LogP contribution in [0.2, 0.25) is 0 Å². The maximum absolute atomic E-state index is 9.67. The monoisotopic (exact) mass is 244 g/mol. The zero-order chi connectivity index (χ0) is 10.0. The predicted octanol–water partition coefficient (Wildman–Crippen LogP) is 2.39. The van der Waals surface area contributed by atoms with E-state index >= 15 is 0 Å². The quantitative estimate of drug-likeness (QED) is 0.839. The predicted molar refractivity (Wildman–Crippen MR) is 55.9 cm³/mol. The number of rotatable bonds is 2. The Balaban J connectivity index is 3.10. The maximum atomic E-state index is 9.67. The summed E-state index contributed by atoms with van der Waals surface area (Å²) in [6, 6.07) is 3.72. The number of hydrogen-bond donors (Lipinski definition) is 2. The maximum Gasteiger partial charge on any atom is 0.133 e. The number of hydrogen-bond acceptors (Lipinski definition) is 2. The average molecular weight is 245 g/mol. The largest absolute Gasteiger partial charge is 0.506 e. The second-order valence-corrected chi connectivity index (χ2v) is 4.10. The van der Waals surface area contributed by atoms with Gasteiger partial charge in [0.05, 0.1) is 10.6 Å². The first kappa shape index (κ1) is 10.5. The molecule has 0 saturated heterocycles. The van der Waals surface area contributed by atoms with Gasteiger partial charge in [-0.3, -0.25) is 0 Å². The van der Waals surface area contributed by atoms with Gasteiger partial charge in [0.25, 0.3) is 0 Å². The molecular weight excluding hydrogens is 232 g/mol. The van der Waals surface area contributed by atoms with Crippen LogP contribution < -0.4 is 0 Å². The van der Waals surface area contributed by atoms with Crippen LogP contribution in [-0.4, -0.2) is 16.3 Å². The molecule has 0 aliphatic heterocycles. The molecule has 1 aromatic carbocycles. The summed E-state index contributed by atoms with van der Waals surface area (Å²) in [4.78, 5) is 0. The third-order valence-corrected chi connectivity index (χ3v) is 2.61. The van der Waals surface area contributed by atoms with E-state index < -0.39 is 6.10 Å². The van der Waals surface area contributed by atoms with Gasteiger partial charge in [-0.05, 0) is 41.4 Å². The van der Waals surface area contributed by atoms with E-state index in [9.17, 15) is 10.2 Å². The van der Waals surface area contributed by atoms with Crippen LogP contribution in [0.4, 0.5) is 0 Å². The molecule has 1 unspecified atom stereocenters. The number of aryl methyl sites for hydroxylation is 1. The first-order valence-electron chi connectivity index (χ1n) is 4.17. The summed E-state index contributed by atoms with van der Waals surface area (Å²) in [5.74, 6) is 0.237. The second-order valence-electron chi connectivity index (χ2n) is 3.24. The van der Waals surface area contributed by atoms with Gasteiger partial charge >= 0.3 is 0 Å². The van der Waals surface area contributed by atoms with Crippen LogP contribution in [0.25, 0.3) is 0 Å². The van der Waals surface area contributed by atoms with E-state index in [0.29, 0.717) is 10.9 Å². The Hall–Kier alpha value is -0.540. The third kappa shape index (κ3) is 2.45. The highest BCUT2D eigenvalue weighted by atomic mass is 79.9. The topological polar surface area (TPSA) is 40.5 Å². The lowest BCUT2D eigenvalue weighted by Crippen LogP contribution is -2.06. The van der Waals surface area contributed by atoms with Gasteiger partial charge in [-0.25, -0.2) is 0 Å². The van der Waals surface area contributed by atoms with E-state index in [0.717, 1.165) is 11.1 Å². The van der Waals surface area contributed by atoms with Gasteiger partial charge in [0.1, 0.15) is 5.75 Å². The number of phenols is 1. The number of aliphatic hydroxyl groups is 1. The Morgan fingerprint density at radius 1 is 1.46 bits per heavy atom. The summed E-state index contributed by atoms with van der Waals surface area (Å²) in [6.07, 6.45) is 0.0517. The smallest absolute Gasteiger partial charge is 0.133 e. The summed E-state index contributed by atoms with van der Waals surface area (Å²) < 4.78 is 0.675. The van der Waals surface area contributed by atoms with Crippen LogP contribution >= 0.6 is 15.9 Å². The van der Waals surface area contributed by atoms with Crippen molar-refractivity contribution in [2.75, 3.05) is 0 Å². The molecule has 2 N–H and O–H groups in total. The molecule has 0 fully saturated rings. The van der Waals surface area contributed by atoms with Crippen molar-refractivity contribution in [3.63, 3.8) is 0 Å². The molecular formula is C10H13BrO2. The van der Waals surface area contributed by atoms with Crippen LogP contribution in [0.1, 0.15) is 18.1 Å². The lowest BCUT2D eigenvalue weighted by atomic mass is 10.0. The zero-order valence-corrected chi connectivity index (χ0v) is 9.30. The lowest BCUT2D eigenvalue weighted by molar-refractivity contribution is 0.194. The van der Waals surface area contributed by atoms with Gasteiger partial charge in [0, 0.05) is 12.0 Å². The standard InChI is InChI=1S/C10H13BrO2/c1-6-3-4-9(11)10(13)8(6)5-7(2)12/h3-4,7,12-13H,5H2,1-2H3. The van der Waals surface area contributed by atoms with E-state index in [1.54, 1.807) is 13.0 Å². The molecule has 2 nitrogen and oxygen atoms in total. The highest BCUT2D eigenvalue weighted by molar-refractivity contribution is 9.10. The molecule has 0 saturated carbocycles. The fraction of sp³-hybridized carbons (Fsp3) is 0.400. The molecule has 0 spiro atoms. The van der Waals surface area contributed by atoms with Gasteiger partial charge in [-0.15, -0.1) is 0 Å². The van der Waals surface area contributed by atoms with Gasteiger partial charge in [-0.2, -0.15) is 0 Å². The van der Waals surface area contributed by atoms with Crippen LogP contribution in [0.3, 0.4) is 0 Å². The highest BCUT2D eigenvalue weighted by Gasteiger charge is 2.10. The normalized spacial score (nSPS) is 12.9. The van der Waals surface area contributed by atoms with Crippen molar-refractivity contribution in [2.45, 2.75) is 26.4 Å². The first-order chi connectivity index (χ1) is 6.02. The summed E-state index contributed by atoms with van der Waals surface area (Å²) in [6.45, 7) is 3.63. The molecule has 0 heterocycles. The Morgan fingerprint density at radius 3 is 2.62 bits per heavy atom. The summed E-state index contributed by atoms with van der Waals surface area (Å²) in [5, 5.41) is 18.9. The number of aromatic hydroxyl groups is 1. The number of phenolic OH excluding ortho intramolecular Hbond substituents is 1. The molecule has 72 valence electrons. The Bertz CT molecular complexity index is 308. The van der Waals surface area contributed by atoms with Crippen molar-refractivity contribution < 1.29 is 10.2 Å². The molecule has 0 aliphatic rings. The van der Waals surface area contributed by atoms with Crippen molar-refractivity contribution in [3.8, 4) is 5.75 Å². The van der Waals surface area contributed by atoms with Crippen LogP contribution in [0, 0.1) is 6.92 Å². The van der Waals surface area contributed by atoms with Gasteiger partial charge in [-0.1, -0.05) is 6.07 Å². The molecule has 0 amide bonds. The second kappa shape index (κ2) is 4.11. The SMILES string of the molecule is Cc1ccc(Br)c(O)c1CC(C)O. The minimum Gasteiger partial charge on any atom is -0.506 e. The van der Waals surface area contributed by atoms with E-state index in [1.165, 1.54) is 0 Å². The molecule has 0 bridgehead atoms. The Kier molecular flexibility index (Phi) is 3.33. The first-order valence-corrected chi connectivity index (χ1v) is 4.96. The molecule has 1 atom stereocenters. The van der Waals surface area contributed by atoms with Crippen molar-refractivity contribution >= 4 is 15.9 Å². The minimum atomic E-state index is -0.432. The lowest BCUT2D eigenvalue weighted by Gasteiger charge is -2.11. The molecule has 0 aromatic heterocycles. The van der Waals surface area contributed by atoms with Crippen molar-refractivity contribution in [1.82, 2.24) is 0 Å². The Labute approximate surface area is 86.3 Å². The fourth-order valence-corrected chi connectivity index (χ4v) is 1.63. The van der Waals surface area contributed by atoms with Crippen LogP contribution in [-0.2, 0) is 6.42 Å². The highest BCUT2D eigenvalue weighted by Crippen LogP contribution is 2.30. The minimum absolute atomic E-state index is 0.237. The van der Waals surface area contributed by atoms with Crippen molar-refractivity contribution in [1.29, 1.82) is 0 Å². The molecule has 0 radical (unpaired) electrons. The van der Waals surface area contributed by atoms with Crippen LogP contribution in [0.15, 0.2) is 16.6 Å². The number of aliphatic hydroxyl groups excluding tert-OH is 1. The van der Waals surface area contributed by atoms with Crippen molar-refractivity contribution in [2.24, 2.45) is 0 Å². The van der Waals surface area contributed by atoms with Gasteiger partial charge in [0.15, 0.2) is 0 Å². The molecule has 1 aromatic rings. The van der Waals surface area contributed by atoms with E-state index in [2.05, 4.69) is 15.9 Å². The average Bonchev–Trinajstić information content (AvgIpc) is 2.05. The van der Waals surface area contributed by atoms with E-state index in [1.807, 2.05) is 13.0 Å². The molecule has 13 heavy (non-hydrogen) atoms. The van der Waals surface area contributed by atoms with Crippen molar-refractivity contribution in [3.05, 3.63) is 27.7 Å². The Morgan fingerprint density at radius 2 is 2.08 bits per heavy atom. The summed E-state index contributed by atoms with van der Waals surface area (Å²) in [5.41, 5.74) is 1.81. The fourth-order valence-electron chi connectivity index (χ4n) is 1.26.